The fourth-order valence-electron chi connectivity index (χ4n) is 2.45. The largest absolute Gasteiger partial charge is 0.359 e. The molecule has 2 N–H and O–H groups in total. The normalized spacial score (nSPS) is 22.9. The van der Waals surface area contributed by atoms with Gasteiger partial charge in [0.15, 0.2) is 5.11 Å². The second-order valence-electron chi connectivity index (χ2n) is 5.09. The molecule has 0 saturated heterocycles. The lowest BCUT2D eigenvalue weighted by molar-refractivity contribution is 0.309. The van der Waals surface area contributed by atoms with E-state index in [-0.39, 0.29) is 5.69 Å². The van der Waals surface area contributed by atoms with Crippen molar-refractivity contribution >= 4 is 23.0 Å². The van der Waals surface area contributed by atoms with E-state index in [0.717, 1.165) is 12.5 Å². The van der Waals surface area contributed by atoms with Gasteiger partial charge in [-0.25, -0.2) is 8.78 Å². The molecule has 1 saturated carbocycles. The van der Waals surface area contributed by atoms with Crippen molar-refractivity contribution in [3.05, 3.63) is 29.8 Å². The highest BCUT2D eigenvalue weighted by atomic mass is 32.1. The highest BCUT2D eigenvalue weighted by Crippen LogP contribution is 2.24. The monoisotopic (exact) mass is 284 g/mol. The average Bonchev–Trinajstić information content (AvgIpc) is 2.36. The lowest BCUT2D eigenvalue weighted by Crippen LogP contribution is -2.43. The second kappa shape index (κ2) is 6.28. The molecule has 5 heteroatoms. The van der Waals surface area contributed by atoms with Crippen molar-refractivity contribution in [1.29, 1.82) is 0 Å². The summed E-state index contributed by atoms with van der Waals surface area (Å²) in [5.41, 5.74) is 0.197. The smallest absolute Gasteiger partial charge is 0.171 e. The van der Waals surface area contributed by atoms with E-state index in [9.17, 15) is 8.78 Å². The summed E-state index contributed by atoms with van der Waals surface area (Å²) in [4.78, 5) is 0. The minimum absolute atomic E-state index is 0.197. The summed E-state index contributed by atoms with van der Waals surface area (Å²) in [5.74, 6) is -0.671. The molecule has 0 heterocycles. The van der Waals surface area contributed by atoms with E-state index >= 15 is 0 Å². The Morgan fingerprint density at radius 1 is 1.26 bits per heavy atom. The SMILES string of the molecule is CC1CCCCC1NC(=S)Nc1ccc(F)cc1F. The van der Waals surface area contributed by atoms with Crippen molar-refractivity contribution in [1.82, 2.24) is 5.32 Å². The third-order valence-corrected chi connectivity index (χ3v) is 3.83. The van der Waals surface area contributed by atoms with Crippen LogP contribution in [-0.4, -0.2) is 11.2 Å². The van der Waals surface area contributed by atoms with Crippen molar-refractivity contribution in [2.75, 3.05) is 5.32 Å². The van der Waals surface area contributed by atoms with Gasteiger partial charge in [0.2, 0.25) is 0 Å². The number of nitrogens with one attached hydrogen (secondary N) is 2. The van der Waals surface area contributed by atoms with Crippen LogP contribution in [-0.2, 0) is 0 Å². The molecule has 0 aromatic heterocycles. The fourth-order valence-corrected chi connectivity index (χ4v) is 2.71. The van der Waals surface area contributed by atoms with Crippen molar-refractivity contribution < 1.29 is 8.78 Å². The number of rotatable bonds is 2. The molecule has 0 bridgehead atoms. The van der Waals surface area contributed by atoms with E-state index in [2.05, 4.69) is 17.6 Å². The molecular weight excluding hydrogens is 266 g/mol. The quantitative estimate of drug-likeness (QED) is 0.807. The molecule has 1 aliphatic carbocycles. The molecule has 0 amide bonds. The van der Waals surface area contributed by atoms with Gasteiger partial charge in [0.1, 0.15) is 11.6 Å². The number of benzene rings is 1. The molecular formula is C14H18F2N2S. The first kappa shape index (κ1) is 14.2. The van der Waals surface area contributed by atoms with Gasteiger partial charge >= 0.3 is 0 Å². The highest BCUT2D eigenvalue weighted by Gasteiger charge is 2.21. The summed E-state index contributed by atoms with van der Waals surface area (Å²) in [5, 5.41) is 6.40. The Hall–Kier alpha value is -1.23. The summed E-state index contributed by atoms with van der Waals surface area (Å²) >= 11 is 5.18. The van der Waals surface area contributed by atoms with E-state index in [0.29, 0.717) is 17.1 Å². The molecule has 1 aromatic rings. The molecule has 2 unspecified atom stereocenters. The maximum absolute atomic E-state index is 13.5. The predicted molar refractivity (Wildman–Crippen MR) is 77.1 cm³/mol. The van der Waals surface area contributed by atoms with Gasteiger partial charge < -0.3 is 10.6 Å². The Bertz CT molecular complexity index is 465. The van der Waals surface area contributed by atoms with E-state index in [1.54, 1.807) is 0 Å². The number of halogens is 2. The van der Waals surface area contributed by atoms with Crippen molar-refractivity contribution in [2.24, 2.45) is 5.92 Å². The maximum Gasteiger partial charge on any atom is 0.171 e. The molecule has 1 aliphatic rings. The average molecular weight is 284 g/mol. The zero-order chi connectivity index (χ0) is 13.8. The lowest BCUT2D eigenvalue weighted by Gasteiger charge is -2.30. The van der Waals surface area contributed by atoms with E-state index in [4.69, 9.17) is 12.2 Å². The van der Waals surface area contributed by atoms with Crippen LogP contribution < -0.4 is 10.6 Å². The molecule has 1 fully saturated rings. The minimum Gasteiger partial charge on any atom is -0.359 e. The van der Waals surface area contributed by atoms with Gasteiger partial charge in [-0.05, 0) is 43.1 Å². The van der Waals surface area contributed by atoms with Gasteiger partial charge in [-0.15, -0.1) is 0 Å². The van der Waals surface area contributed by atoms with Crippen LogP contribution in [0.2, 0.25) is 0 Å². The summed E-state index contributed by atoms with van der Waals surface area (Å²) in [7, 11) is 0. The van der Waals surface area contributed by atoms with Gasteiger partial charge in [0, 0.05) is 12.1 Å². The van der Waals surface area contributed by atoms with Crippen LogP contribution in [0.15, 0.2) is 18.2 Å². The van der Waals surface area contributed by atoms with E-state index < -0.39 is 11.6 Å². The third kappa shape index (κ3) is 3.86. The molecule has 2 rings (SSSR count). The van der Waals surface area contributed by atoms with Gasteiger partial charge in [-0.1, -0.05) is 19.8 Å². The molecule has 1 aromatic carbocycles. The Morgan fingerprint density at radius 3 is 2.68 bits per heavy atom. The molecule has 2 nitrogen and oxygen atoms in total. The summed E-state index contributed by atoms with van der Waals surface area (Å²) in [6.07, 6.45) is 4.71. The number of anilines is 1. The van der Waals surface area contributed by atoms with Crippen molar-refractivity contribution in [3.8, 4) is 0 Å². The molecule has 0 radical (unpaired) electrons. The second-order valence-corrected chi connectivity index (χ2v) is 5.50. The van der Waals surface area contributed by atoms with Crippen molar-refractivity contribution in [2.45, 2.75) is 38.6 Å². The molecule has 2 atom stereocenters. The van der Waals surface area contributed by atoms with Gasteiger partial charge in [-0.2, -0.15) is 0 Å². The highest BCUT2D eigenvalue weighted by molar-refractivity contribution is 7.80. The summed E-state index contributed by atoms with van der Waals surface area (Å²) in [6.45, 7) is 2.19. The van der Waals surface area contributed by atoms with E-state index in [1.807, 2.05) is 0 Å². The Labute approximate surface area is 117 Å². The zero-order valence-electron chi connectivity index (χ0n) is 10.9. The van der Waals surface area contributed by atoms with Crippen LogP contribution in [0.3, 0.4) is 0 Å². The van der Waals surface area contributed by atoms with Gasteiger partial charge in [-0.3, -0.25) is 0 Å². The Balaban J connectivity index is 1.93. The Kier molecular flexibility index (Phi) is 4.69. The Morgan fingerprint density at radius 2 is 2.00 bits per heavy atom. The number of hydrogen-bond donors (Lipinski definition) is 2. The number of hydrogen-bond acceptors (Lipinski definition) is 1. The van der Waals surface area contributed by atoms with Crippen LogP contribution in [0, 0.1) is 17.6 Å². The first-order valence-electron chi connectivity index (χ1n) is 6.59. The molecule has 19 heavy (non-hydrogen) atoms. The molecule has 0 aliphatic heterocycles. The van der Waals surface area contributed by atoms with Crippen LogP contribution in [0.25, 0.3) is 0 Å². The van der Waals surface area contributed by atoms with Gasteiger partial charge in [0.25, 0.3) is 0 Å². The fraction of sp³-hybridized carbons (Fsp3) is 0.500. The van der Waals surface area contributed by atoms with Crippen LogP contribution in [0.5, 0.6) is 0 Å². The molecule has 104 valence electrons. The summed E-state index contributed by atoms with van der Waals surface area (Å²) < 4.78 is 26.3. The van der Waals surface area contributed by atoms with E-state index in [1.165, 1.54) is 31.4 Å². The molecule has 0 spiro atoms. The minimum atomic E-state index is -0.638. The zero-order valence-corrected chi connectivity index (χ0v) is 11.7. The first-order valence-corrected chi connectivity index (χ1v) is 6.99. The van der Waals surface area contributed by atoms with Gasteiger partial charge in [0.05, 0.1) is 5.69 Å². The third-order valence-electron chi connectivity index (χ3n) is 3.61. The van der Waals surface area contributed by atoms with Crippen molar-refractivity contribution in [3.63, 3.8) is 0 Å². The van der Waals surface area contributed by atoms with Crippen LogP contribution >= 0.6 is 12.2 Å². The predicted octanol–water partition coefficient (Wildman–Crippen LogP) is 3.83. The lowest BCUT2D eigenvalue weighted by atomic mass is 9.86. The van der Waals surface area contributed by atoms with Crippen LogP contribution in [0.1, 0.15) is 32.6 Å². The standard InChI is InChI=1S/C14H18F2N2S/c1-9-4-2-3-5-12(9)17-14(19)18-13-7-6-10(15)8-11(13)16/h6-9,12H,2-5H2,1H3,(H2,17,18,19). The first-order chi connectivity index (χ1) is 9.06. The number of thiocarbonyl (C=S) groups is 1. The van der Waals surface area contributed by atoms with Crippen LogP contribution in [0.4, 0.5) is 14.5 Å². The summed E-state index contributed by atoms with van der Waals surface area (Å²) in [6, 6.07) is 3.73. The topological polar surface area (TPSA) is 24.1 Å². The maximum atomic E-state index is 13.5.